The van der Waals surface area contributed by atoms with E-state index in [1.54, 1.807) is 6.21 Å². The van der Waals surface area contributed by atoms with Crippen molar-refractivity contribution in [3.05, 3.63) is 23.5 Å². The zero-order valence-electron chi connectivity index (χ0n) is 17.0. The molecule has 2 unspecified atom stereocenters. The van der Waals surface area contributed by atoms with E-state index in [0.29, 0.717) is 18.1 Å². The molecule has 0 aromatic carbocycles. The van der Waals surface area contributed by atoms with Crippen LogP contribution in [0.5, 0.6) is 0 Å². The summed E-state index contributed by atoms with van der Waals surface area (Å²) in [5, 5.41) is 5.56. The molecule has 7 N–H and O–H groups in total. The summed E-state index contributed by atoms with van der Waals surface area (Å²) in [4.78, 5) is 22.5. The van der Waals surface area contributed by atoms with Gasteiger partial charge in [-0.05, 0) is 19.9 Å². The van der Waals surface area contributed by atoms with Crippen LogP contribution in [0.2, 0.25) is 0 Å². The topological polar surface area (TPSA) is 132 Å². The fourth-order valence-electron chi connectivity index (χ4n) is 3.50. The van der Waals surface area contributed by atoms with E-state index in [1.165, 1.54) is 6.20 Å². The van der Waals surface area contributed by atoms with Gasteiger partial charge in [-0.15, -0.1) is 0 Å². The number of nitrogens with two attached hydrogens (primary N) is 2. The van der Waals surface area contributed by atoms with Gasteiger partial charge in [-0.2, -0.15) is 0 Å². The highest BCUT2D eigenvalue weighted by atomic mass is 19.1. The number of hydrogen-bond donors (Lipinski definition) is 5. The predicted octanol–water partition coefficient (Wildman–Crippen LogP) is -2.10. The summed E-state index contributed by atoms with van der Waals surface area (Å²) in [6.07, 6.45) is 3.54. The molecule has 10 heteroatoms. The summed E-state index contributed by atoms with van der Waals surface area (Å²) in [5.74, 6) is -1.16. The zero-order valence-corrected chi connectivity index (χ0v) is 17.0. The van der Waals surface area contributed by atoms with E-state index in [2.05, 4.69) is 25.5 Å². The van der Waals surface area contributed by atoms with Gasteiger partial charge < -0.3 is 31.7 Å². The standard InChI is InChI=1S/C19H30FN7O2/c1-11-7-24-18(25-8-11)15(17(21)22)19(28)26-14-10-23-9-13(20)16(14)29-12-3-5-27(2)6-4-12/h7,9,11-12,15,17,23H,3-6,8,10,21-22H2,1-2H3,(H,26,28)/p+1. The van der Waals surface area contributed by atoms with E-state index in [-0.39, 0.29) is 24.3 Å². The molecule has 2 atom stereocenters. The Balaban J connectivity index is 1.76. The number of aliphatic imine (C=N–C) groups is 1. The molecule has 1 fully saturated rings. The first-order valence-corrected chi connectivity index (χ1v) is 10.00. The van der Waals surface area contributed by atoms with E-state index in [9.17, 15) is 9.18 Å². The molecule has 0 bridgehead atoms. The Bertz CT molecular complexity index is 739. The van der Waals surface area contributed by atoms with Crippen molar-refractivity contribution in [2.24, 2.45) is 28.3 Å². The van der Waals surface area contributed by atoms with Gasteiger partial charge in [0.25, 0.3) is 0 Å². The number of hydrogen-bond acceptors (Lipinski definition) is 7. The summed E-state index contributed by atoms with van der Waals surface area (Å²) in [7, 11) is 2.04. The van der Waals surface area contributed by atoms with E-state index in [1.807, 2.05) is 14.0 Å². The van der Waals surface area contributed by atoms with Gasteiger partial charge in [0.05, 0.1) is 30.9 Å². The van der Waals surface area contributed by atoms with Crippen LogP contribution in [0.4, 0.5) is 4.39 Å². The molecular weight excluding hydrogens is 377 g/mol. The van der Waals surface area contributed by atoms with Crippen LogP contribution in [0.25, 0.3) is 0 Å². The normalized spacial score (nSPS) is 24.7. The van der Waals surface area contributed by atoms with Gasteiger partial charge in [0, 0.05) is 19.3 Å². The Hall–Kier alpha value is -2.30. The molecule has 3 rings (SSSR count). The largest absolute Gasteiger partial charge is 0.485 e. The number of carbonyl (C=O) groups excluding carboxylic acids is 1. The molecule has 0 spiro atoms. The van der Waals surface area contributed by atoms with Crippen LogP contribution < -0.4 is 27.1 Å². The van der Waals surface area contributed by atoms with Crippen LogP contribution in [-0.4, -0.2) is 68.4 Å². The average Bonchev–Trinajstić information content (AvgIpc) is 2.67. The molecule has 1 saturated heterocycles. The first-order valence-electron chi connectivity index (χ1n) is 10.00. The molecule has 29 heavy (non-hydrogen) atoms. The average molecular weight is 409 g/mol. The molecule has 0 saturated carbocycles. The minimum atomic E-state index is -0.959. The van der Waals surface area contributed by atoms with Gasteiger partial charge in [-0.3, -0.25) is 9.79 Å². The third kappa shape index (κ3) is 5.40. The van der Waals surface area contributed by atoms with Crippen molar-refractivity contribution in [3.8, 4) is 0 Å². The Morgan fingerprint density at radius 1 is 1.45 bits per heavy atom. The van der Waals surface area contributed by atoms with Gasteiger partial charge >= 0.3 is 5.84 Å². The van der Waals surface area contributed by atoms with Gasteiger partial charge in [-0.1, -0.05) is 11.9 Å². The Kier molecular flexibility index (Phi) is 6.99. The highest BCUT2D eigenvalue weighted by Gasteiger charge is 2.37. The number of allylic oxidation sites excluding steroid dienone is 1. The molecule has 0 aliphatic carbocycles. The number of halogens is 1. The third-order valence-electron chi connectivity index (χ3n) is 5.26. The Labute approximate surface area is 170 Å². The number of amidine groups is 1. The van der Waals surface area contributed by atoms with Crippen LogP contribution in [0, 0.1) is 11.8 Å². The number of rotatable bonds is 6. The minimum absolute atomic E-state index is 0.0646. The van der Waals surface area contributed by atoms with Gasteiger partial charge in [0.2, 0.25) is 5.91 Å². The van der Waals surface area contributed by atoms with Crippen molar-refractivity contribution in [2.45, 2.75) is 32.0 Å². The molecule has 0 radical (unpaired) electrons. The molecule has 3 aliphatic rings. The second-order valence-corrected chi connectivity index (χ2v) is 7.87. The maximum atomic E-state index is 14.5. The van der Waals surface area contributed by atoms with Crippen molar-refractivity contribution < 1.29 is 18.9 Å². The monoisotopic (exact) mass is 408 g/mol. The molecule has 160 valence electrons. The minimum Gasteiger partial charge on any atom is -0.485 e. The maximum absolute atomic E-state index is 14.5. The number of amides is 1. The second-order valence-electron chi connectivity index (χ2n) is 7.87. The molecule has 0 aromatic heterocycles. The zero-order chi connectivity index (χ0) is 21.0. The number of nitrogens with one attached hydrogen (secondary N) is 3. The SMILES string of the molecule is CC1C=NC(C(C(=O)NC2=C(OC3CCN(C)CC3)C(F)=CNC2)C(N)N)=[NH+]C1. The van der Waals surface area contributed by atoms with Crippen molar-refractivity contribution in [2.75, 3.05) is 33.2 Å². The molecule has 3 heterocycles. The van der Waals surface area contributed by atoms with E-state index in [0.717, 1.165) is 25.9 Å². The molecular formula is C19H31FN7O2+. The highest BCUT2D eigenvalue weighted by molar-refractivity contribution is 6.04. The Morgan fingerprint density at radius 2 is 2.17 bits per heavy atom. The lowest BCUT2D eigenvalue weighted by molar-refractivity contribution is -0.466. The fourth-order valence-corrected chi connectivity index (χ4v) is 3.50. The summed E-state index contributed by atoms with van der Waals surface area (Å²) >= 11 is 0. The van der Waals surface area contributed by atoms with E-state index in [4.69, 9.17) is 16.2 Å². The molecule has 0 aromatic rings. The van der Waals surface area contributed by atoms with Crippen LogP contribution >= 0.6 is 0 Å². The van der Waals surface area contributed by atoms with Crippen LogP contribution in [-0.2, 0) is 9.53 Å². The summed E-state index contributed by atoms with van der Waals surface area (Å²) in [6, 6.07) is 0. The lowest BCUT2D eigenvalue weighted by Crippen LogP contribution is -2.79. The summed E-state index contributed by atoms with van der Waals surface area (Å²) in [6.45, 7) is 4.64. The predicted molar refractivity (Wildman–Crippen MR) is 108 cm³/mol. The fraction of sp³-hybridized carbons (Fsp3) is 0.632. The highest BCUT2D eigenvalue weighted by Crippen LogP contribution is 2.25. The number of likely N-dealkylation sites (tertiary alicyclic amines) is 1. The molecule has 3 aliphatic heterocycles. The van der Waals surface area contributed by atoms with Crippen LogP contribution in [0.15, 0.2) is 28.5 Å². The molecule has 1 amide bonds. The van der Waals surface area contributed by atoms with Crippen molar-refractivity contribution in [3.63, 3.8) is 0 Å². The number of dihydropyridines is 1. The Morgan fingerprint density at radius 3 is 2.79 bits per heavy atom. The first kappa shape index (κ1) is 21.4. The van der Waals surface area contributed by atoms with Gasteiger partial charge in [0.15, 0.2) is 17.5 Å². The van der Waals surface area contributed by atoms with E-state index >= 15 is 0 Å². The summed E-state index contributed by atoms with van der Waals surface area (Å²) < 4.78 is 20.4. The number of piperidine rings is 1. The van der Waals surface area contributed by atoms with Crippen molar-refractivity contribution in [1.29, 1.82) is 0 Å². The number of ether oxygens (including phenoxy) is 1. The quantitative estimate of drug-likeness (QED) is 0.320. The van der Waals surface area contributed by atoms with Crippen molar-refractivity contribution in [1.82, 2.24) is 15.5 Å². The number of nitrogens with zero attached hydrogens (tertiary/aromatic N) is 2. The van der Waals surface area contributed by atoms with E-state index < -0.39 is 23.8 Å². The second kappa shape index (κ2) is 9.47. The first-order chi connectivity index (χ1) is 13.8. The van der Waals surface area contributed by atoms with Crippen LogP contribution in [0.1, 0.15) is 19.8 Å². The van der Waals surface area contributed by atoms with Gasteiger partial charge in [0.1, 0.15) is 12.3 Å². The number of carbonyl (C=O) groups is 1. The third-order valence-corrected chi connectivity index (χ3v) is 5.26. The van der Waals surface area contributed by atoms with Crippen molar-refractivity contribution >= 4 is 18.0 Å². The lowest BCUT2D eigenvalue weighted by atomic mass is 10.0. The van der Waals surface area contributed by atoms with Gasteiger partial charge in [-0.25, -0.2) is 4.39 Å². The van der Waals surface area contributed by atoms with Crippen LogP contribution in [0.3, 0.4) is 0 Å². The maximum Gasteiger partial charge on any atom is 0.306 e. The molecule has 9 nitrogen and oxygen atoms in total. The summed E-state index contributed by atoms with van der Waals surface area (Å²) in [5.41, 5.74) is 12.1. The smallest absolute Gasteiger partial charge is 0.306 e. The lowest BCUT2D eigenvalue weighted by Gasteiger charge is -2.31.